The van der Waals surface area contributed by atoms with E-state index in [2.05, 4.69) is 15.9 Å². The van der Waals surface area contributed by atoms with E-state index >= 15 is 0 Å². The van der Waals surface area contributed by atoms with Gasteiger partial charge in [-0.25, -0.2) is 0 Å². The number of rotatable bonds is 2. The summed E-state index contributed by atoms with van der Waals surface area (Å²) in [6.07, 6.45) is 0. The summed E-state index contributed by atoms with van der Waals surface area (Å²) in [5.74, 6) is -0.0109. The quantitative estimate of drug-likeness (QED) is 0.581. The second-order valence-electron chi connectivity index (χ2n) is 3.85. The number of ketones is 1. The van der Waals surface area contributed by atoms with E-state index in [1.54, 1.807) is 30.3 Å². The Bertz CT molecular complexity index is 788. The molecule has 0 amide bonds. The maximum Gasteiger partial charge on any atom is 0.263 e. The van der Waals surface area contributed by atoms with Gasteiger partial charge in [-0.15, -0.1) is 0 Å². The van der Waals surface area contributed by atoms with Crippen LogP contribution in [0.4, 0.5) is 0 Å². The minimum atomic E-state index is -0.353. The fourth-order valence-electron chi connectivity index (χ4n) is 1.75. The van der Waals surface area contributed by atoms with Crippen LogP contribution >= 0.6 is 39.1 Å². The molecule has 0 aliphatic heterocycles. The summed E-state index contributed by atoms with van der Waals surface area (Å²) in [5, 5.41) is 1.52. The van der Waals surface area contributed by atoms with E-state index in [1.807, 2.05) is 0 Å². The van der Waals surface area contributed by atoms with E-state index in [4.69, 9.17) is 32.0 Å². The van der Waals surface area contributed by atoms with Gasteiger partial charge in [0, 0.05) is 10.4 Å². The summed E-state index contributed by atoms with van der Waals surface area (Å²) >= 11 is 15.0. The third-order valence-corrected chi connectivity index (χ3v) is 3.48. The number of carbonyl (C=O) groups excluding carboxylic acids is 1. The lowest BCUT2D eigenvalue weighted by Crippen LogP contribution is -1.96. The molecule has 2 heterocycles. The average molecular weight is 360 g/mol. The van der Waals surface area contributed by atoms with Gasteiger partial charge in [0.25, 0.3) is 5.78 Å². The van der Waals surface area contributed by atoms with Gasteiger partial charge in [-0.2, -0.15) is 0 Å². The van der Waals surface area contributed by atoms with Crippen molar-refractivity contribution in [1.29, 1.82) is 0 Å². The van der Waals surface area contributed by atoms with Crippen molar-refractivity contribution in [2.75, 3.05) is 0 Å². The Morgan fingerprint density at radius 2 is 1.84 bits per heavy atom. The molecular weight excluding hydrogens is 355 g/mol. The molecule has 0 saturated heterocycles. The first-order valence-corrected chi connectivity index (χ1v) is 6.78. The molecule has 2 aromatic heterocycles. The van der Waals surface area contributed by atoms with Crippen LogP contribution in [0.1, 0.15) is 16.3 Å². The maximum absolute atomic E-state index is 12.1. The van der Waals surface area contributed by atoms with Crippen LogP contribution < -0.4 is 0 Å². The van der Waals surface area contributed by atoms with Crippen LogP contribution in [0, 0.1) is 0 Å². The van der Waals surface area contributed by atoms with E-state index in [-0.39, 0.29) is 17.3 Å². The Balaban J connectivity index is 2.11. The van der Waals surface area contributed by atoms with Gasteiger partial charge < -0.3 is 8.83 Å². The van der Waals surface area contributed by atoms with E-state index in [1.165, 1.54) is 0 Å². The minimum Gasteiger partial charge on any atom is -0.451 e. The van der Waals surface area contributed by atoms with Crippen LogP contribution in [0.2, 0.25) is 10.0 Å². The Morgan fingerprint density at radius 1 is 1.05 bits per heavy atom. The second-order valence-corrected chi connectivity index (χ2v) is 5.47. The van der Waals surface area contributed by atoms with Crippen molar-refractivity contribution in [3.63, 3.8) is 0 Å². The van der Waals surface area contributed by atoms with Crippen LogP contribution in [-0.2, 0) is 0 Å². The highest BCUT2D eigenvalue weighted by atomic mass is 79.9. The molecule has 0 radical (unpaired) electrons. The van der Waals surface area contributed by atoms with E-state index in [0.717, 1.165) is 0 Å². The first-order valence-electron chi connectivity index (χ1n) is 5.23. The molecule has 6 heteroatoms. The van der Waals surface area contributed by atoms with Crippen molar-refractivity contribution in [3.05, 3.63) is 56.6 Å². The molecule has 0 fully saturated rings. The standard InChI is InChI=1S/C13H5BrCl2O3/c14-11-2-1-9(18-11)12(17)10-4-6-3-7(15)5-8(16)13(6)19-10/h1-5H. The number of hydrogen-bond acceptors (Lipinski definition) is 3. The molecule has 0 N–H and O–H groups in total. The number of halogens is 3. The van der Waals surface area contributed by atoms with Gasteiger partial charge in [-0.05, 0) is 46.3 Å². The first-order chi connectivity index (χ1) is 9.04. The monoisotopic (exact) mass is 358 g/mol. The van der Waals surface area contributed by atoms with Gasteiger partial charge in [0.1, 0.15) is 0 Å². The predicted molar refractivity (Wildman–Crippen MR) is 76.1 cm³/mol. The summed E-state index contributed by atoms with van der Waals surface area (Å²) < 4.78 is 11.1. The van der Waals surface area contributed by atoms with Gasteiger partial charge in [0.15, 0.2) is 21.8 Å². The third kappa shape index (κ3) is 2.31. The molecule has 0 spiro atoms. The Labute approximate surface area is 126 Å². The van der Waals surface area contributed by atoms with Crippen LogP contribution in [0.3, 0.4) is 0 Å². The molecule has 3 aromatic rings. The summed E-state index contributed by atoms with van der Waals surface area (Å²) in [6, 6.07) is 8.04. The molecule has 19 heavy (non-hydrogen) atoms. The summed E-state index contributed by atoms with van der Waals surface area (Å²) in [4.78, 5) is 12.1. The summed E-state index contributed by atoms with van der Waals surface area (Å²) in [6.45, 7) is 0. The topological polar surface area (TPSA) is 43.4 Å². The van der Waals surface area contributed by atoms with Crippen molar-refractivity contribution in [1.82, 2.24) is 0 Å². The molecule has 1 aromatic carbocycles. The summed E-state index contributed by atoms with van der Waals surface area (Å²) in [5.41, 5.74) is 0.431. The van der Waals surface area contributed by atoms with Crippen LogP contribution in [0.25, 0.3) is 11.0 Å². The van der Waals surface area contributed by atoms with Gasteiger partial charge in [0.2, 0.25) is 0 Å². The van der Waals surface area contributed by atoms with Gasteiger partial charge in [-0.1, -0.05) is 23.2 Å². The molecule has 0 bridgehead atoms. The number of hydrogen-bond donors (Lipinski definition) is 0. The van der Waals surface area contributed by atoms with Gasteiger partial charge in [-0.3, -0.25) is 4.79 Å². The predicted octanol–water partition coefficient (Wildman–Crippen LogP) is 5.33. The first kappa shape index (κ1) is 12.8. The molecule has 3 nitrogen and oxygen atoms in total. The molecule has 0 atom stereocenters. The van der Waals surface area contributed by atoms with Gasteiger partial charge in [0.05, 0.1) is 5.02 Å². The van der Waals surface area contributed by atoms with Gasteiger partial charge >= 0.3 is 0 Å². The molecule has 0 aliphatic carbocycles. The normalized spacial score (nSPS) is 11.1. The van der Waals surface area contributed by atoms with E-state index in [9.17, 15) is 4.79 Å². The van der Waals surface area contributed by atoms with Crippen molar-refractivity contribution in [2.24, 2.45) is 0 Å². The third-order valence-electron chi connectivity index (χ3n) is 2.56. The van der Waals surface area contributed by atoms with E-state index in [0.29, 0.717) is 25.7 Å². The minimum absolute atomic E-state index is 0.154. The van der Waals surface area contributed by atoms with Crippen molar-refractivity contribution in [3.8, 4) is 0 Å². The van der Waals surface area contributed by atoms with Crippen LogP contribution in [0.5, 0.6) is 0 Å². The van der Waals surface area contributed by atoms with Crippen LogP contribution in [-0.4, -0.2) is 5.78 Å². The summed E-state index contributed by atoms with van der Waals surface area (Å²) in [7, 11) is 0. The van der Waals surface area contributed by atoms with E-state index < -0.39 is 0 Å². The molecule has 0 aliphatic rings. The number of benzene rings is 1. The Kier molecular flexibility index (Phi) is 3.17. The molecule has 96 valence electrons. The lowest BCUT2D eigenvalue weighted by Gasteiger charge is -1.93. The van der Waals surface area contributed by atoms with Crippen molar-refractivity contribution < 1.29 is 13.6 Å². The highest BCUT2D eigenvalue weighted by molar-refractivity contribution is 9.10. The fraction of sp³-hybridized carbons (Fsp3) is 0. The maximum atomic E-state index is 12.1. The molecule has 0 saturated carbocycles. The Hall–Kier alpha value is -1.23. The molecule has 0 unspecified atom stereocenters. The Morgan fingerprint density at radius 3 is 2.53 bits per heavy atom. The number of fused-ring (bicyclic) bond motifs is 1. The smallest absolute Gasteiger partial charge is 0.263 e. The highest BCUT2D eigenvalue weighted by Crippen LogP contribution is 2.31. The fourth-order valence-corrected chi connectivity index (χ4v) is 2.60. The average Bonchev–Trinajstić information content (AvgIpc) is 2.94. The number of carbonyl (C=O) groups is 1. The zero-order valence-corrected chi connectivity index (χ0v) is 12.3. The largest absolute Gasteiger partial charge is 0.451 e. The highest BCUT2D eigenvalue weighted by Gasteiger charge is 2.19. The zero-order valence-electron chi connectivity index (χ0n) is 9.25. The van der Waals surface area contributed by atoms with Crippen molar-refractivity contribution in [2.45, 2.75) is 0 Å². The SMILES string of the molecule is O=C(c1ccc(Br)o1)c1cc2cc(Cl)cc(Cl)c2o1. The lowest BCUT2D eigenvalue weighted by molar-refractivity contribution is 0.0984. The number of furan rings is 2. The van der Waals surface area contributed by atoms with Crippen molar-refractivity contribution >= 4 is 55.9 Å². The zero-order chi connectivity index (χ0) is 13.6. The second kappa shape index (κ2) is 4.71. The lowest BCUT2D eigenvalue weighted by atomic mass is 10.2. The molecule has 3 rings (SSSR count). The molecular formula is C13H5BrCl2O3. The van der Waals surface area contributed by atoms with Crippen LogP contribution in [0.15, 0.2) is 43.8 Å².